The van der Waals surface area contributed by atoms with Crippen LogP contribution in [0.15, 0.2) is 66.7 Å². The first-order valence-electron chi connectivity index (χ1n) is 9.03. The topological polar surface area (TPSA) is 29.9 Å². The van der Waals surface area contributed by atoms with Gasteiger partial charge in [-0.05, 0) is 41.5 Å². The molecule has 0 bridgehead atoms. The minimum atomic E-state index is -4.39. The Kier molecular flexibility index (Phi) is 3.69. The Morgan fingerprint density at radius 3 is 2.54 bits per heavy atom. The smallest absolute Gasteiger partial charge is 0.369 e. The maximum Gasteiger partial charge on any atom is 0.416 e. The van der Waals surface area contributed by atoms with Crippen LogP contribution in [0.2, 0.25) is 0 Å². The number of anilines is 1. The van der Waals surface area contributed by atoms with Crippen molar-refractivity contribution in [3.8, 4) is 16.9 Å². The SMILES string of the molecule is FC(F)(F)c1cccc(-n2nc(-c3ccc4ccccc4c3)c3c2NCC3)c1. The van der Waals surface area contributed by atoms with Crippen molar-refractivity contribution >= 4 is 16.6 Å². The third-order valence-electron chi connectivity index (χ3n) is 5.09. The second kappa shape index (κ2) is 6.12. The Morgan fingerprint density at radius 1 is 0.893 bits per heavy atom. The van der Waals surface area contributed by atoms with Gasteiger partial charge < -0.3 is 5.32 Å². The summed E-state index contributed by atoms with van der Waals surface area (Å²) in [5, 5.41) is 10.2. The maximum atomic E-state index is 13.1. The predicted octanol–water partition coefficient (Wildman–Crippen LogP) is 5.68. The van der Waals surface area contributed by atoms with Crippen molar-refractivity contribution in [3.05, 3.63) is 77.9 Å². The zero-order chi connectivity index (χ0) is 19.3. The van der Waals surface area contributed by atoms with Gasteiger partial charge in [-0.3, -0.25) is 0 Å². The van der Waals surface area contributed by atoms with Gasteiger partial charge in [0.15, 0.2) is 0 Å². The summed E-state index contributed by atoms with van der Waals surface area (Å²) < 4.78 is 41.0. The minimum absolute atomic E-state index is 0.396. The Bertz CT molecular complexity index is 1190. The van der Waals surface area contributed by atoms with Crippen molar-refractivity contribution in [1.29, 1.82) is 0 Å². The summed E-state index contributed by atoms with van der Waals surface area (Å²) >= 11 is 0. The standard InChI is InChI=1S/C22H16F3N3/c23-22(24,25)17-6-3-7-18(13-17)28-21-19(10-11-26-21)20(27-28)16-9-8-14-4-1-2-5-15(14)12-16/h1-9,12-13,26H,10-11H2. The molecule has 1 aliphatic heterocycles. The highest BCUT2D eigenvalue weighted by Crippen LogP contribution is 2.37. The van der Waals surface area contributed by atoms with E-state index in [2.05, 4.69) is 16.5 Å². The van der Waals surface area contributed by atoms with E-state index in [0.717, 1.165) is 58.5 Å². The molecule has 3 aromatic carbocycles. The molecule has 1 aliphatic rings. The van der Waals surface area contributed by atoms with Gasteiger partial charge in [0.1, 0.15) is 5.82 Å². The number of nitrogens with one attached hydrogen (secondary N) is 1. The molecule has 0 saturated carbocycles. The van der Waals surface area contributed by atoms with Crippen molar-refractivity contribution in [2.75, 3.05) is 11.9 Å². The lowest BCUT2D eigenvalue weighted by atomic mass is 10.0. The molecule has 4 aromatic rings. The molecule has 0 spiro atoms. The quantitative estimate of drug-likeness (QED) is 0.486. The molecule has 0 aliphatic carbocycles. The second-order valence-electron chi connectivity index (χ2n) is 6.87. The lowest BCUT2D eigenvalue weighted by molar-refractivity contribution is -0.137. The lowest BCUT2D eigenvalue weighted by Gasteiger charge is -2.10. The predicted molar refractivity (Wildman–Crippen MR) is 104 cm³/mol. The first-order valence-corrected chi connectivity index (χ1v) is 9.03. The highest BCUT2D eigenvalue weighted by molar-refractivity contribution is 5.88. The zero-order valence-corrected chi connectivity index (χ0v) is 14.8. The molecule has 28 heavy (non-hydrogen) atoms. The van der Waals surface area contributed by atoms with Gasteiger partial charge in [-0.15, -0.1) is 0 Å². The number of benzene rings is 3. The van der Waals surface area contributed by atoms with Gasteiger partial charge >= 0.3 is 6.18 Å². The monoisotopic (exact) mass is 379 g/mol. The normalized spacial score (nSPS) is 13.5. The van der Waals surface area contributed by atoms with Gasteiger partial charge in [0.2, 0.25) is 0 Å². The number of nitrogens with zero attached hydrogens (tertiary/aromatic N) is 2. The third-order valence-corrected chi connectivity index (χ3v) is 5.09. The summed E-state index contributed by atoms with van der Waals surface area (Å²) in [5.41, 5.74) is 2.52. The summed E-state index contributed by atoms with van der Waals surface area (Å²) in [6.45, 7) is 0.743. The number of aromatic nitrogens is 2. The molecule has 6 heteroatoms. The van der Waals surface area contributed by atoms with Crippen LogP contribution in [0.4, 0.5) is 19.0 Å². The van der Waals surface area contributed by atoms with E-state index in [9.17, 15) is 13.2 Å². The van der Waals surface area contributed by atoms with Crippen LogP contribution in [-0.2, 0) is 12.6 Å². The molecular formula is C22H16F3N3. The molecule has 140 valence electrons. The average molecular weight is 379 g/mol. The largest absolute Gasteiger partial charge is 0.416 e. The van der Waals surface area contributed by atoms with E-state index in [4.69, 9.17) is 0 Å². The van der Waals surface area contributed by atoms with E-state index in [0.29, 0.717) is 5.69 Å². The Labute approximate surface area is 159 Å². The second-order valence-corrected chi connectivity index (χ2v) is 6.87. The number of hydrogen-bond acceptors (Lipinski definition) is 2. The van der Waals surface area contributed by atoms with E-state index in [1.54, 1.807) is 10.7 Å². The fourth-order valence-corrected chi connectivity index (χ4v) is 3.74. The molecule has 0 radical (unpaired) electrons. The van der Waals surface area contributed by atoms with Gasteiger partial charge in [0.05, 0.1) is 16.9 Å². The molecule has 0 unspecified atom stereocenters. The summed E-state index contributed by atoms with van der Waals surface area (Å²) in [5.74, 6) is 0.766. The molecule has 5 rings (SSSR count). The summed E-state index contributed by atoms with van der Waals surface area (Å²) in [6, 6.07) is 19.5. The molecule has 0 fully saturated rings. The van der Waals surface area contributed by atoms with Gasteiger partial charge in [-0.25, -0.2) is 4.68 Å². The van der Waals surface area contributed by atoms with Crippen molar-refractivity contribution in [2.24, 2.45) is 0 Å². The van der Waals surface area contributed by atoms with E-state index in [1.807, 2.05) is 36.4 Å². The molecule has 0 saturated heterocycles. The molecule has 0 amide bonds. The van der Waals surface area contributed by atoms with Gasteiger partial charge in [-0.1, -0.05) is 42.5 Å². The van der Waals surface area contributed by atoms with Crippen LogP contribution in [-0.4, -0.2) is 16.3 Å². The van der Waals surface area contributed by atoms with Gasteiger partial charge in [-0.2, -0.15) is 18.3 Å². The van der Waals surface area contributed by atoms with Gasteiger partial charge in [0.25, 0.3) is 0 Å². The van der Waals surface area contributed by atoms with Crippen LogP contribution >= 0.6 is 0 Å². The molecule has 1 aromatic heterocycles. The number of halogens is 3. The first kappa shape index (κ1) is 16.9. The molecular weight excluding hydrogens is 363 g/mol. The summed E-state index contributed by atoms with van der Waals surface area (Å²) in [6.07, 6.45) is -3.60. The highest BCUT2D eigenvalue weighted by atomic mass is 19.4. The highest BCUT2D eigenvalue weighted by Gasteiger charge is 2.31. The molecule has 1 N–H and O–H groups in total. The Morgan fingerprint density at radius 2 is 1.71 bits per heavy atom. The number of alkyl halides is 3. The van der Waals surface area contributed by atoms with Crippen LogP contribution in [0.1, 0.15) is 11.1 Å². The van der Waals surface area contributed by atoms with E-state index in [1.165, 1.54) is 6.07 Å². The fraction of sp³-hybridized carbons (Fsp3) is 0.136. The van der Waals surface area contributed by atoms with E-state index < -0.39 is 11.7 Å². The van der Waals surface area contributed by atoms with Crippen LogP contribution in [0.3, 0.4) is 0 Å². The minimum Gasteiger partial charge on any atom is -0.369 e. The summed E-state index contributed by atoms with van der Waals surface area (Å²) in [7, 11) is 0. The van der Waals surface area contributed by atoms with Crippen LogP contribution in [0.25, 0.3) is 27.7 Å². The third kappa shape index (κ3) is 2.72. The zero-order valence-electron chi connectivity index (χ0n) is 14.8. The lowest BCUT2D eigenvalue weighted by Crippen LogP contribution is -2.08. The fourth-order valence-electron chi connectivity index (χ4n) is 3.74. The van der Waals surface area contributed by atoms with Crippen molar-refractivity contribution in [1.82, 2.24) is 9.78 Å². The first-order chi connectivity index (χ1) is 13.5. The molecule has 0 atom stereocenters. The van der Waals surface area contributed by atoms with Crippen molar-refractivity contribution in [2.45, 2.75) is 12.6 Å². The van der Waals surface area contributed by atoms with Crippen molar-refractivity contribution in [3.63, 3.8) is 0 Å². The Hall–Kier alpha value is -3.28. The van der Waals surface area contributed by atoms with Gasteiger partial charge in [0, 0.05) is 17.7 Å². The number of rotatable bonds is 2. The summed E-state index contributed by atoms with van der Waals surface area (Å²) in [4.78, 5) is 0. The maximum absolute atomic E-state index is 13.1. The van der Waals surface area contributed by atoms with E-state index >= 15 is 0 Å². The molecule has 2 heterocycles. The Balaban J connectivity index is 1.66. The number of fused-ring (bicyclic) bond motifs is 2. The van der Waals surface area contributed by atoms with E-state index in [-0.39, 0.29) is 0 Å². The average Bonchev–Trinajstić information content (AvgIpc) is 3.30. The van der Waals surface area contributed by atoms with Crippen molar-refractivity contribution < 1.29 is 13.2 Å². The number of hydrogen-bond donors (Lipinski definition) is 1. The molecule has 3 nitrogen and oxygen atoms in total. The van der Waals surface area contributed by atoms with Crippen LogP contribution in [0.5, 0.6) is 0 Å². The van der Waals surface area contributed by atoms with Crippen LogP contribution in [0, 0.1) is 0 Å². The van der Waals surface area contributed by atoms with Crippen LogP contribution < -0.4 is 5.32 Å².